The quantitative estimate of drug-likeness (QED) is 0.753. The molecule has 0 spiro atoms. The molecule has 21 heavy (non-hydrogen) atoms. The summed E-state index contributed by atoms with van der Waals surface area (Å²) >= 11 is 5.64. The lowest BCUT2D eigenvalue weighted by Crippen LogP contribution is -2.13. The van der Waals surface area contributed by atoms with Gasteiger partial charge in [-0.15, -0.1) is 21.8 Å². The number of alkyl halides is 1. The molecule has 2 rings (SSSR count). The van der Waals surface area contributed by atoms with Crippen molar-refractivity contribution < 1.29 is 9.15 Å². The predicted octanol–water partition coefficient (Wildman–Crippen LogP) is 4.12. The van der Waals surface area contributed by atoms with Gasteiger partial charge in [0.1, 0.15) is 5.75 Å². The maximum Gasteiger partial charge on any atom is 0.253 e. The molecule has 0 atom stereocenters. The minimum absolute atomic E-state index is 0.0247. The van der Waals surface area contributed by atoms with Crippen molar-refractivity contribution in [3.8, 4) is 5.75 Å². The fourth-order valence-electron chi connectivity index (χ4n) is 2.02. The van der Waals surface area contributed by atoms with Gasteiger partial charge >= 0.3 is 0 Å². The first-order chi connectivity index (χ1) is 10.0. The van der Waals surface area contributed by atoms with Gasteiger partial charge in [-0.3, -0.25) is 0 Å². The Bertz CT molecular complexity index is 576. The van der Waals surface area contributed by atoms with Crippen molar-refractivity contribution in [3.63, 3.8) is 0 Å². The molecule has 1 heterocycles. The maximum absolute atomic E-state index is 5.85. The van der Waals surface area contributed by atoms with Crippen LogP contribution in [0.3, 0.4) is 0 Å². The zero-order chi connectivity index (χ0) is 15.3. The molecule has 5 heteroatoms. The Kier molecular flexibility index (Phi) is 5.23. The number of rotatable bonds is 6. The number of nitrogens with zero attached hydrogens (tertiary/aromatic N) is 2. The Morgan fingerprint density at radius 3 is 2.57 bits per heavy atom. The van der Waals surface area contributed by atoms with Gasteiger partial charge in [-0.25, -0.2) is 0 Å². The highest BCUT2D eigenvalue weighted by atomic mass is 35.5. The van der Waals surface area contributed by atoms with Gasteiger partial charge in [0, 0.05) is 12.3 Å². The van der Waals surface area contributed by atoms with Gasteiger partial charge in [-0.1, -0.05) is 39.0 Å². The van der Waals surface area contributed by atoms with Crippen LogP contribution in [0, 0.1) is 0 Å². The molecule has 0 radical (unpaired) electrons. The standard InChI is InChI=1S/C16H21ClN2O2/c1-16(2,3)12-7-4-5-8-13(12)20-11-15-19-18-14(21-15)9-6-10-17/h4-5,7-8H,6,9-11H2,1-3H3. The summed E-state index contributed by atoms with van der Waals surface area (Å²) in [6, 6.07) is 8.02. The number of benzene rings is 1. The fourth-order valence-corrected chi connectivity index (χ4v) is 2.15. The van der Waals surface area contributed by atoms with E-state index < -0.39 is 0 Å². The number of aromatic nitrogens is 2. The maximum atomic E-state index is 5.85. The van der Waals surface area contributed by atoms with Crippen LogP contribution in [0.15, 0.2) is 28.7 Å². The molecule has 0 N–H and O–H groups in total. The first-order valence-corrected chi connectivity index (χ1v) is 7.63. The summed E-state index contributed by atoms with van der Waals surface area (Å²) < 4.78 is 11.4. The molecule has 1 aromatic carbocycles. The van der Waals surface area contributed by atoms with E-state index >= 15 is 0 Å². The van der Waals surface area contributed by atoms with Crippen molar-refractivity contribution in [1.82, 2.24) is 10.2 Å². The van der Waals surface area contributed by atoms with Crippen molar-refractivity contribution in [3.05, 3.63) is 41.6 Å². The molecular weight excluding hydrogens is 288 g/mol. The van der Waals surface area contributed by atoms with E-state index in [1.807, 2.05) is 18.2 Å². The molecule has 1 aromatic heterocycles. The minimum Gasteiger partial charge on any atom is -0.484 e. The van der Waals surface area contributed by atoms with E-state index in [9.17, 15) is 0 Å². The van der Waals surface area contributed by atoms with E-state index in [0.29, 0.717) is 24.1 Å². The normalized spacial score (nSPS) is 11.6. The average molecular weight is 309 g/mol. The topological polar surface area (TPSA) is 48.2 Å². The number of hydrogen-bond donors (Lipinski definition) is 0. The highest BCUT2D eigenvalue weighted by Gasteiger charge is 2.18. The zero-order valence-electron chi connectivity index (χ0n) is 12.7. The molecule has 0 amide bonds. The van der Waals surface area contributed by atoms with E-state index in [1.54, 1.807) is 0 Å². The Hall–Kier alpha value is -1.55. The second kappa shape index (κ2) is 6.94. The second-order valence-corrected chi connectivity index (χ2v) is 6.29. The van der Waals surface area contributed by atoms with Gasteiger partial charge < -0.3 is 9.15 Å². The summed E-state index contributed by atoms with van der Waals surface area (Å²) in [4.78, 5) is 0. The minimum atomic E-state index is 0.0247. The second-order valence-electron chi connectivity index (χ2n) is 5.92. The Balaban J connectivity index is 2.02. The molecule has 0 aliphatic heterocycles. The monoisotopic (exact) mass is 308 g/mol. The summed E-state index contributed by atoms with van der Waals surface area (Å²) in [5, 5.41) is 7.97. The molecule has 0 aliphatic rings. The first kappa shape index (κ1) is 15.8. The first-order valence-electron chi connectivity index (χ1n) is 7.10. The number of ether oxygens (including phenoxy) is 1. The number of hydrogen-bond acceptors (Lipinski definition) is 4. The predicted molar refractivity (Wildman–Crippen MR) is 82.8 cm³/mol. The molecule has 2 aromatic rings. The summed E-state index contributed by atoms with van der Waals surface area (Å²) in [6.07, 6.45) is 1.53. The number of para-hydroxylation sites is 1. The fraction of sp³-hybridized carbons (Fsp3) is 0.500. The SMILES string of the molecule is CC(C)(C)c1ccccc1OCc1nnc(CCCCl)o1. The van der Waals surface area contributed by atoms with Crippen LogP contribution in [0.4, 0.5) is 0 Å². The molecular formula is C16H21ClN2O2. The third-order valence-corrected chi connectivity index (χ3v) is 3.35. The number of halogens is 1. The summed E-state index contributed by atoms with van der Waals surface area (Å²) in [7, 11) is 0. The van der Waals surface area contributed by atoms with E-state index in [1.165, 1.54) is 0 Å². The van der Waals surface area contributed by atoms with Gasteiger partial charge in [0.25, 0.3) is 5.89 Å². The lowest BCUT2D eigenvalue weighted by molar-refractivity contribution is 0.253. The highest BCUT2D eigenvalue weighted by Crippen LogP contribution is 2.31. The van der Waals surface area contributed by atoms with Crippen LogP contribution < -0.4 is 4.74 Å². The molecule has 4 nitrogen and oxygen atoms in total. The molecule has 0 unspecified atom stereocenters. The van der Waals surface area contributed by atoms with Gasteiger partial charge in [-0.05, 0) is 23.5 Å². The molecule has 0 fully saturated rings. The Labute approximate surface area is 130 Å². The summed E-state index contributed by atoms with van der Waals surface area (Å²) in [5.74, 6) is 2.54. The molecule has 0 saturated carbocycles. The van der Waals surface area contributed by atoms with Crippen LogP contribution in [0.2, 0.25) is 0 Å². The van der Waals surface area contributed by atoms with Crippen molar-refractivity contribution in [2.75, 3.05) is 5.88 Å². The van der Waals surface area contributed by atoms with Crippen molar-refractivity contribution in [2.24, 2.45) is 0 Å². The highest BCUT2D eigenvalue weighted by molar-refractivity contribution is 6.17. The smallest absolute Gasteiger partial charge is 0.253 e. The summed E-state index contributed by atoms with van der Waals surface area (Å²) in [5.41, 5.74) is 1.18. The van der Waals surface area contributed by atoms with Crippen LogP contribution in [-0.4, -0.2) is 16.1 Å². The Morgan fingerprint density at radius 2 is 1.86 bits per heavy atom. The van der Waals surface area contributed by atoms with Gasteiger partial charge in [0.2, 0.25) is 5.89 Å². The average Bonchev–Trinajstić information content (AvgIpc) is 2.90. The molecule has 0 bridgehead atoms. The molecule has 0 aliphatic carbocycles. The zero-order valence-corrected chi connectivity index (χ0v) is 13.5. The van der Waals surface area contributed by atoms with Crippen LogP contribution in [0.5, 0.6) is 5.75 Å². The van der Waals surface area contributed by atoms with E-state index in [0.717, 1.165) is 17.7 Å². The van der Waals surface area contributed by atoms with Crippen molar-refractivity contribution in [1.29, 1.82) is 0 Å². The van der Waals surface area contributed by atoms with Crippen LogP contribution in [0.1, 0.15) is 44.5 Å². The summed E-state index contributed by atoms with van der Waals surface area (Å²) in [6.45, 7) is 6.76. The molecule has 0 saturated heterocycles. The third-order valence-electron chi connectivity index (χ3n) is 3.08. The van der Waals surface area contributed by atoms with Crippen molar-refractivity contribution >= 4 is 11.6 Å². The van der Waals surface area contributed by atoms with E-state index in [-0.39, 0.29) is 12.0 Å². The van der Waals surface area contributed by atoms with Gasteiger partial charge in [0.15, 0.2) is 6.61 Å². The van der Waals surface area contributed by atoms with Crippen LogP contribution in [0.25, 0.3) is 0 Å². The molecule has 114 valence electrons. The van der Waals surface area contributed by atoms with Crippen LogP contribution >= 0.6 is 11.6 Å². The third kappa shape index (κ3) is 4.46. The lowest BCUT2D eigenvalue weighted by atomic mass is 9.86. The van der Waals surface area contributed by atoms with E-state index in [2.05, 4.69) is 37.0 Å². The number of aryl methyl sites for hydroxylation is 1. The van der Waals surface area contributed by atoms with Crippen molar-refractivity contribution in [2.45, 2.75) is 45.6 Å². The van der Waals surface area contributed by atoms with E-state index in [4.69, 9.17) is 20.8 Å². The van der Waals surface area contributed by atoms with Gasteiger partial charge in [-0.2, -0.15) is 0 Å². The Morgan fingerprint density at radius 1 is 1.14 bits per heavy atom. The van der Waals surface area contributed by atoms with Crippen LogP contribution in [-0.2, 0) is 18.4 Å². The largest absolute Gasteiger partial charge is 0.484 e. The van der Waals surface area contributed by atoms with Gasteiger partial charge in [0.05, 0.1) is 0 Å². The lowest BCUT2D eigenvalue weighted by Gasteiger charge is -2.22.